The van der Waals surface area contributed by atoms with Crippen molar-refractivity contribution in [2.24, 2.45) is 5.73 Å². The molecule has 2 rings (SSSR count). The summed E-state index contributed by atoms with van der Waals surface area (Å²) in [5.41, 5.74) is 12.0. The third-order valence-electron chi connectivity index (χ3n) is 3.11. The van der Waals surface area contributed by atoms with Crippen LogP contribution in [0.3, 0.4) is 0 Å². The number of carbonyl (C=O) groups is 1. The lowest BCUT2D eigenvalue weighted by atomic mass is 10.2. The van der Waals surface area contributed by atoms with Crippen molar-refractivity contribution in [3.63, 3.8) is 0 Å². The summed E-state index contributed by atoms with van der Waals surface area (Å²) in [4.78, 5) is 12.2. The smallest absolute Gasteiger partial charge is 0.260 e. The second-order valence-corrected chi connectivity index (χ2v) is 5.55. The second kappa shape index (κ2) is 6.57. The van der Waals surface area contributed by atoms with Crippen LogP contribution in [-0.2, 0) is 11.3 Å². The number of nitrogens with one attached hydrogen (secondary N) is 1. The number of benzene rings is 1. The number of hydrazine groups is 1. The molecule has 0 aliphatic carbocycles. The number of hydrogen-bond acceptors (Lipinski definition) is 3. The molecule has 116 valence electrons. The highest BCUT2D eigenvalue weighted by molar-refractivity contribution is 7.80. The summed E-state index contributed by atoms with van der Waals surface area (Å²) in [5, 5.41) is 5.74. The van der Waals surface area contributed by atoms with Crippen molar-refractivity contribution in [2.45, 2.75) is 27.3 Å². The van der Waals surface area contributed by atoms with Crippen LogP contribution in [0.15, 0.2) is 30.3 Å². The van der Waals surface area contributed by atoms with Gasteiger partial charge in [-0.05, 0) is 56.8 Å². The topological polar surface area (TPSA) is 76.2 Å². The van der Waals surface area contributed by atoms with Crippen LogP contribution in [0.4, 0.5) is 5.69 Å². The van der Waals surface area contributed by atoms with Crippen molar-refractivity contribution in [1.29, 1.82) is 0 Å². The van der Waals surface area contributed by atoms with Gasteiger partial charge in [-0.3, -0.25) is 14.9 Å². The molecule has 2 aromatic rings. The zero-order chi connectivity index (χ0) is 16.3. The number of nitrogens with zero attached hydrogens (tertiary/aromatic N) is 3. The molecule has 0 bridgehead atoms. The number of aromatic nitrogens is 2. The number of rotatable bonds is 3. The fraction of sp³-hybridized carbons (Fsp3) is 0.267. The molecule has 0 radical (unpaired) electrons. The van der Waals surface area contributed by atoms with Crippen LogP contribution in [-0.4, -0.2) is 20.8 Å². The fourth-order valence-electron chi connectivity index (χ4n) is 2.15. The van der Waals surface area contributed by atoms with Gasteiger partial charge in [0.2, 0.25) is 0 Å². The Kier molecular flexibility index (Phi) is 4.77. The summed E-state index contributed by atoms with van der Waals surface area (Å²) in [7, 11) is 0. The lowest BCUT2D eigenvalue weighted by molar-refractivity contribution is -0.121. The van der Waals surface area contributed by atoms with Gasteiger partial charge in [-0.2, -0.15) is 5.10 Å². The molecule has 0 atom stereocenters. The molecule has 1 aromatic heterocycles. The third-order valence-corrected chi connectivity index (χ3v) is 3.30. The van der Waals surface area contributed by atoms with Crippen LogP contribution in [0.5, 0.6) is 0 Å². The summed E-state index contributed by atoms with van der Waals surface area (Å²) in [6, 6.07) is 9.47. The Morgan fingerprint density at radius 2 is 2.09 bits per heavy atom. The molecular weight excluding hydrogens is 298 g/mol. The van der Waals surface area contributed by atoms with Crippen molar-refractivity contribution < 1.29 is 4.79 Å². The molecule has 0 aliphatic rings. The maximum atomic E-state index is 12.2. The van der Waals surface area contributed by atoms with Gasteiger partial charge in [-0.1, -0.05) is 12.1 Å². The highest BCUT2D eigenvalue weighted by Gasteiger charge is 2.14. The Balaban J connectivity index is 2.13. The number of anilines is 1. The van der Waals surface area contributed by atoms with E-state index in [2.05, 4.69) is 10.5 Å². The first-order valence-corrected chi connectivity index (χ1v) is 7.24. The maximum Gasteiger partial charge on any atom is 0.260 e. The molecule has 0 saturated heterocycles. The van der Waals surface area contributed by atoms with Crippen molar-refractivity contribution >= 4 is 28.9 Å². The van der Waals surface area contributed by atoms with Gasteiger partial charge in [0.05, 0.1) is 11.4 Å². The lowest BCUT2D eigenvalue weighted by Gasteiger charge is -2.23. The van der Waals surface area contributed by atoms with E-state index < -0.39 is 0 Å². The summed E-state index contributed by atoms with van der Waals surface area (Å²) in [5.74, 6) is -0.250. The number of nitrogens with two attached hydrogens (primary N) is 1. The standard InChI is InChI=1S/C15H19N5OS/c1-10-5-4-6-13(7-10)20(15(16)22)18-14(21)9-19-12(3)8-11(2)17-19/h4-8H,9H2,1-3H3,(H2,16,22)(H,18,21). The molecule has 1 aromatic carbocycles. The number of aryl methyl sites for hydroxylation is 3. The van der Waals surface area contributed by atoms with Gasteiger partial charge in [0.15, 0.2) is 5.11 Å². The predicted molar refractivity (Wildman–Crippen MR) is 90.3 cm³/mol. The molecule has 22 heavy (non-hydrogen) atoms. The van der Waals surface area contributed by atoms with Crippen LogP contribution in [0, 0.1) is 20.8 Å². The molecular formula is C15H19N5OS. The average Bonchev–Trinajstić information content (AvgIpc) is 2.73. The average molecular weight is 317 g/mol. The molecule has 0 saturated carbocycles. The van der Waals surface area contributed by atoms with E-state index in [-0.39, 0.29) is 17.6 Å². The van der Waals surface area contributed by atoms with Crippen LogP contribution in [0.25, 0.3) is 0 Å². The minimum absolute atomic E-state index is 0.0762. The van der Waals surface area contributed by atoms with Gasteiger partial charge in [0, 0.05) is 5.69 Å². The van der Waals surface area contributed by atoms with Crippen LogP contribution < -0.4 is 16.2 Å². The van der Waals surface area contributed by atoms with Crippen molar-refractivity contribution in [2.75, 3.05) is 5.01 Å². The molecule has 0 unspecified atom stereocenters. The van der Waals surface area contributed by atoms with E-state index in [4.69, 9.17) is 18.0 Å². The maximum absolute atomic E-state index is 12.2. The van der Waals surface area contributed by atoms with E-state index in [1.165, 1.54) is 5.01 Å². The van der Waals surface area contributed by atoms with E-state index in [9.17, 15) is 4.79 Å². The number of carbonyl (C=O) groups excluding carboxylic acids is 1. The van der Waals surface area contributed by atoms with Gasteiger partial charge in [-0.15, -0.1) is 0 Å². The third kappa shape index (κ3) is 3.82. The van der Waals surface area contributed by atoms with Crippen LogP contribution in [0.1, 0.15) is 17.0 Å². The Bertz CT molecular complexity index is 710. The Morgan fingerprint density at radius 1 is 1.36 bits per heavy atom. The van der Waals surface area contributed by atoms with E-state index >= 15 is 0 Å². The van der Waals surface area contributed by atoms with E-state index in [1.54, 1.807) is 4.68 Å². The zero-order valence-corrected chi connectivity index (χ0v) is 13.6. The van der Waals surface area contributed by atoms with Crippen LogP contribution in [0.2, 0.25) is 0 Å². The fourth-order valence-corrected chi connectivity index (χ4v) is 2.30. The first-order chi connectivity index (χ1) is 10.4. The largest absolute Gasteiger partial charge is 0.374 e. The Hall–Kier alpha value is -2.41. The highest BCUT2D eigenvalue weighted by Crippen LogP contribution is 2.14. The lowest BCUT2D eigenvalue weighted by Crippen LogP contribution is -2.50. The molecule has 3 N–H and O–H groups in total. The molecule has 1 amide bonds. The highest BCUT2D eigenvalue weighted by atomic mass is 32.1. The van der Waals surface area contributed by atoms with E-state index in [1.807, 2.05) is 51.1 Å². The first-order valence-electron chi connectivity index (χ1n) is 6.83. The predicted octanol–water partition coefficient (Wildman–Crippen LogP) is 1.59. The molecule has 7 heteroatoms. The minimum atomic E-state index is -0.250. The zero-order valence-electron chi connectivity index (χ0n) is 12.8. The number of amides is 1. The molecule has 1 heterocycles. The van der Waals surface area contributed by atoms with E-state index in [0.29, 0.717) is 5.69 Å². The van der Waals surface area contributed by atoms with Gasteiger partial charge < -0.3 is 5.73 Å². The molecule has 0 fully saturated rings. The van der Waals surface area contributed by atoms with Crippen molar-refractivity contribution in [1.82, 2.24) is 15.2 Å². The summed E-state index contributed by atoms with van der Waals surface area (Å²) in [6.45, 7) is 5.85. The minimum Gasteiger partial charge on any atom is -0.374 e. The first kappa shape index (κ1) is 16.0. The summed E-state index contributed by atoms with van der Waals surface area (Å²) in [6.07, 6.45) is 0. The van der Waals surface area contributed by atoms with Crippen LogP contribution >= 0.6 is 12.2 Å². The Morgan fingerprint density at radius 3 is 2.64 bits per heavy atom. The van der Waals surface area contributed by atoms with Gasteiger partial charge in [0.25, 0.3) is 5.91 Å². The van der Waals surface area contributed by atoms with Gasteiger partial charge >= 0.3 is 0 Å². The second-order valence-electron chi connectivity index (χ2n) is 5.13. The van der Waals surface area contributed by atoms with Crippen molar-refractivity contribution in [3.05, 3.63) is 47.3 Å². The number of hydrogen-bond donors (Lipinski definition) is 2. The van der Waals surface area contributed by atoms with Gasteiger partial charge in [-0.25, -0.2) is 5.01 Å². The summed E-state index contributed by atoms with van der Waals surface area (Å²) < 4.78 is 1.64. The normalized spacial score (nSPS) is 10.3. The Labute approximate surface area is 134 Å². The monoisotopic (exact) mass is 317 g/mol. The molecule has 0 aliphatic heterocycles. The quantitative estimate of drug-likeness (QED) is 0.664. The van der Waals surface area contributed by atoms with Crippen molar-refractivity contribution in [3.8, 4) is 0 Å². The SMILES string of the molecule is Cc1cccc(N(NC(=O)Cn2nc(C)cc2C)C(N)=S)c1. The molecule has 6 nitrogen and oxygen atoms in total. The number of thiocarbonyl (C=S) groups is 1. The van der Waals surface area contributed by atoms with E-state index in [0.717, 1.165) is 17.0 Å². The summed E-state index contributed by atoms with van der Waals surface area (Å²) >= 11 is 5.02. The van der Waals surface area contributed by atoms with Gasteiger partial charge in [0.1, 0.15) is 6.54 Å². The molecule has 0 spiro atoms.